The van der Waals surface area contributed by atoms with Gasteiger partial charge in [0.1, 0.15) is 0 Å². The molecule has 0 saturated carbocycles. The lowest BCUT2D eigenvalue weighted by molar-refractivity contribution is -0.131. The summed E-state index contributed by atoms with van der Waals surface area (Å²) in [7, 11) is 5.63. The zero-order chi connectivity index (χ0) is 20.9. The molecule has 7 heteroatoms. The Balaban J connectivity index is 1.60. The van der Waals surface area contributed by atoms with E-state index in [9.17, 15) is 9.59 Å². The van der Waals surface area contributed by atoms with Crippen molar-refractivity contribution in [1.29, 1.82) is 0 Å². The first kappa shape index (κ1) is 20.7. The predicted octanol–water partition coefficient (Wildman–Crippen LogP) is 1.82. The standard InChI is InChI=1S/C22H28N4O3/c1-24-11-8-18(14-24)4-6-20(27)23-16-22(10-13-29-17-22)26(3)21(28)7-5-19-9-12-25(2)15-19/h4-9,11-12,14-15H,10,13,16-17H2,1-3H3,(H,23,27)/b6-4+,7-5+. The number of aromatic nitrogens is 2. The van der Waals surface area contributed by atoms with E-state index in [0.29, 0.717) is 26.2 Å². The van der Waals surface area contributed by atoms with Gasteiger partial charge in [0.25, 0.3) is 0 Å². The second-order valence-corrected chi connectivity index (χ2v) is 7.53. The maximum absolute atomic E-state index is 12.7. The molecule has 7 nitrogen and oxygen atoms in total. The van der Waals surface area contributed by atoms with E-state index in [1.807, 2.05) is 60.1 Å². The van der Waals surface area contributed by atoms with Crippen molar-refractivity contribution in [3.8, 4) is 0 Å². The summed E-state index contributed by atoms with van der Waals surface area (Å²) in [6.07, 6.45) is 15.0. The van der Waals surface area contributed by atoms with Crippen LogP contribution in [0.5, 0.6) is 0 Å². The largest absolute Gasteiger partial charge is 0.379 e. The zero-order valence-corrected chi connectivity index (χ0v) is 17.2. The second-order valence-electron chi connectivity index (χ2n) is 7.53. The summed E-state index contributed by atoms with van der Waals surface area (Å²) in [5, 5.41) is 2.92. The number of amides is 2. The van der Waals surface area contributed by atoms with Crippen LogP contribution in [0.4, 0.5) is 0 Å². The van der Waals surface area contributed by atoms with Crippen molar-refractivity contribution in [2.45, 2.75) is 12.0 Å². The van der Waals surface area contributed by atoms with Crippen molar-refractivity contribution in [2.24, 2.45) is 14.1 Å². The molecule has 154 valence electrons. The molecule has 2 aromatic rings. The van der Waals surface area contributed by atoms with Gasteiger partial charge in [0.05, 0.1) is 12.1 Å². The highest BCUT2D eigenvalue weighted by Gasteiger charge is 2.40. The smallest absolute Gasteiger partial charge is 0.246 e. The quantitative estimate of drug-likeness (QED) is 0.726. The SMILES string of the molecule is CN(C(=O)/C=C/c1ccn(C)c1)C1(CNC(=O)/C=C/c2ccn(C)c2)CCOC1. The molecule has 1 fully saturated rings. The monoisotopic (exact) mass is 396 g/mol. The predicted molar refractivity (Wildman–Crippen MR) is 113 cm³/mol. The molecule has 3 rings (SSSR count). The number of ether oxygens (including phenoxy) is 1. The minimum Gasteiger partial charge on any atom is -0.379 e. The van der Waals surface area contributed by atoms with Gasteiger partial charge >= 0.3 is 0 Å². The van der Waals surface area contributed by atoms with Crippen molar-refractivity contribution in [3.05, 3.63) is 60.2 Å². The van der Waals surface area contributed by atoms with E-state index in [1.54, 1.807) is 30.2 Å². The number of carbonyl (C=O) groups is 2. The van der Waals surface area contributed by atoms with Crippen molar-refractivity contribution >= 4 is 24.0 Å². The van der Waals surface area contributed by atoms with Gasteiger partial charge in [-0.05, 0) is 41.8 Å². The van der Waals surface area contributed by atoms with Crippen LogP contribution in [-0.4, -0.2) is 58.2 Å². The molecule has 29 heavy (non-hydrogen) atoms. The second kappa shape index (κ2) is 8.96. The summed E-state index contributed by atoms with van der Waals surface area (Å²) in [6.45, 7) is 1.30. The molecule has 3 heterocycles. The van der Waals surface area contributed by atoms with Gasteiger partial charge in [0.2, 0.25) is 11.8 Å². The molecule has 1 N–H and O–H groups in total. The van der Waals surface area contributed by atoms with Crippen LogP contribution in [0, 0.1) is 0 Å². The summed E-state index contributed by atoms with van der Waals surface area (Å²) in [6, 6.07) is 3.87. The van der Waals surface area contributed by atoms with Crippen molar-refractivity contribution in [3.63, 3.8) is 0 Å². The Bertz CT molecular complexity index is 916. The zero-order valence-electron chi connectivity index (χ0n) is 17.2. The van der Waals surface area contributed by atoms with Gasteiger partial charge in [-0.2, -0.15) is 0 Å². The summed E-state index contributed by atoms with van der Waals surface area (Å²) in [5.74, 6) is -0.311. The normalized spacial score (nSPS) is 19.3. The highest BCUT2D eigenvalue weighted by Crippen LogP contribution is 2.25. The minimum absolute atomic E-state index is 0.117. The van der Waals surface area contributed by atoms with Crippen LogP contribution in [0.2, 0.25) is 0 Å². The molecular weight excluding hydrogens is 368 g/mol. The molecule has 2 amide bonds. The molecule has 2 aromatic heterocycles. The molecule has 0 aliphatic carbocycles. The van der Waals surface area contributed by atoms with Gasteiger partial charge < -0.3 is 24.1 Å². The first-order valence-corrected chi connectivity index (χ1v) is 9.61. The summed E-state index contributed by atoms with van der Waals surface area (Å²) in [5.41, 5.74) is 1.37. The van der Waals surface area contributed by atoms with Gasteiger partial charge in [-0.25, -0.2) is 0 Å². The molecule has 0 aromatic carbocycles. The number of rotatable bonds is 7. The van der Waals surface area contributed by atoms with E-state index in [1.165, 1.54) is 6.08 Å². The fourth-order valence-electron chi connectivity index (χ4n) is 3.36. The lowest BCUT2D eigenvalue weighted by atomic mass is 9.96. The lowest BCUT2D eigenvalue weighted by Crippen LogP contribution is -2.56. The van der Waals surface area contributed by atoms with Gasteiger partial charge in [0, 0.05) is 71.2 Å². The molecular formula is C22H28N4O3. The Morgan fingerprint density at radius 1 is 1.14 bits per heavy atom. The topological polar surface area (TPSA) is 68.5 Å². The molecule has 0 spiro atoms. The molecule has 1 unspecified atom stereocenters. The van der Waals surface area contributed by atoms with Crippen LogP contribution in [0.3, 0.4) is 0 Å². The fraction of sp³-hybridized carbons (Fsp3) is 0.364. The Hall–Kier alpha value is -3.06. The van der Waals surface area contributed by atoms with Crippen molar-refractivity contribution in [2.75, 3.05) is 26.8 Å². The molecule has 1 saturated heterocycles. The van der Waals surface area contributed by atoms with Crippen LogP contribution in [0.1, 0.15) is 17.5 Å². The number of nitrogens with one attached hydrogen (secondary N) is 1. The number of likely N-dealkylation sites (N-methyl/N-ethyl adjacent to an activating group) is 1. The van der Waals surface area contributed by atoms with Gasteiger partial charge in [-0.15, -0.1) is 0 Å². The highest BCUT2D eigenvalue weighted by atomic mass is 16.5. The maximum atomic E-state index is 12.7. The number of hydrogen-bond acceptors (Lipinski definition) is 3. The molecule has 1 atom stereocenters. The molecule has 1 aliphatic rings. The summed E-state index contributed by atoms with van der Waals surface area (Å²) >= 11 is 0. The first-order valence-electron chi connectivity index (χ1n) is 9.61. The van der Waals surface area contributed by atoms with Crippen LogP contribution in [0.25, 0.3) is 12.2 Å². The fourth-order valence-corrected chi connectivity index (χ4v) is 3.36. The maximum Gasteiger partial charge on any atom is 0.246 e. The summed E-state index contributed by atoms with van der Waals surface area (Å²) in [4.78, 5) is 26.7. The number of hydrogen-bond donors (Lipinski definition) is 1. The highest BCUT2D eigenvalue weighted by molar-refractivity contribution is 5.93. The summed E-state index contributed by atoms with van der Waals surface area (Å²) < 4.78 is 9.42. The van der Waals surface area contributed by atoms with E-state index in [-0.39, 0.29) is 11.8 Å². The van der Waals surface area contributed by atoms with Crippen LogP contribution in [0.15, 0.2) is 49.1 Å². The average Bonchev–Trinajstić information content (AvgIpc) is 3.44. The third-order valence-electron chi connectivity index (χ3n) is 5.27. The van der Waals surface area contributed by atoms with Gasteiger partial charge in [-0.1, -0.05) is 0 Å². The van der Waals surface area contributed by atoms with Crippen molar-refractivity contribution < 1.29 is 14.3 Å². The van der Waals surface area contributed by atoms with E-state index < -0.39 is 5.54 Å². The number of carbonyl (C=O) groups excluding carboxylic acids is 2. The van der Waals surface area contributed by atoms with E-state index in [0.717, 1.165) is 11.1 Å². The Morgan fingerprint density at radius 2 is 1.76 bits per heavy atom. The number of nitrogens with zero attached hydrogens (tertiary/aromatic N) is 3. The lowest BCUT2D eigenvalue weighted by Gasteiger charge is -2.37. The van der Waals surface area contributed by atoms with Gasteiger partial charge in [-0.3, -0.25) is 9.59 Å². The van der Waals surface area contributed by atoms with E-state index in [2.05, 4.69) is 5.32 Å². The van der Waals surface area contributed by atoms with Crippen LogP contribution in [-0.2, 0) is 28.4 Å². The van der Waals surface area contributed by atoms with Crippen molar-refractivity contribution in [1.82, 2.24) is 19.4 Å². The van der Waals surface area contributed by atoms with Crippen LogP contribution >= 0.6 is 0 Å². The molecule has 0 bridgehead atoms. The Kier molecular flexibility index (Phi) is 6.39. The Morgan fingerprint density at radius 3 is 2.28 bits per heavy atom. The Labute approximate surface area is 171 Å². The third kappa shape index (κ3) is 5.26. The van der Waals surface area contributed by atoms with E-state index in [4.69, 9.17) is 4.74 Å². The number of aryl methyl sites for hydroxylation is 2. The van der Waals surface area contributed by atoms with E-state index >= 15 is 0 Å². The average molecular weight is 396 g/mol. The van der Waals surface area contributed by atoms with Crippen LogP contribution < -0.4 is 5.32 Å². The molecule has 0 radical (unpaired) electrons. The minimum atomic E-state index is -0.547. The van der Waals surface area contributed by atoms with Gasteiger partial charge in [0.15, 0.2) is 0 Å². The first-order chi connectivity index (χ1) is 13.9. The molecule has 1 aliphatic heterocycles. The third-order valence-corrected chi connectivity index (χ3v) is 5.27.